The van der Waals surface area contributed by atoms with Gasteiger partial charge in [0.1, 0.15) is 0 Å². The molecule has 1 aliphatic rings. The number of Topliss-reactive ketones (excluding diaryl/α,β-unsaturated/α-hetero) is 1. The van der Waals surface area contributed by atoms with Gasteiger partial charge in [-0.25, -0.2) is 0 Å². The van der Waals surface area contributed by atoms with E-state index in [2.05, 4.69) is 0 Å². The molecule has 16 heavy (non-hydrogen) atoms. The lowest BCUT2D eigenvalue weighted by Crippen LogP contribution is -2.24. The lowest BCUT2D eigenvalue weighted by molar-refractivity contribution is -0.139. The molecule has 0 bridgehead atoms. The Hall–Kier alpha value is -1.29. The van der Waals surface area contributed by atoms with E-state index in [0.717, 1.165) is 5.56 Å². The fraction of sp³-hybridized carbons (Fsp3) is 0.333. The van der Waals surface area contributed by atoms with Crippen molar-refractivity contribution < 1.29 is 14.7 Å². The second kappa shape index (κ2) is 4.29. The Morgan fingerprint density at radius 1 is 1.31 bits per heavy atom. The number of carbonyl (C=O) groups excluding carboxylic acids is 1. The second-order valence-electron chi connectivity index (χ2n) is 3.88. The number of aliphatic carboxylic acids is 1. The third-order valence-electron chi connectivity index (χ3n) is 2.80. The summed E-state index contributed by atoms with van der Waals surface area (Å²) in [7, 11) is 0. The maximum atomic E-state index is 11.7. The van der Waals surface area contributed by atoms with Gasteiger partial charge in [0, 0.05) is 11.2 Å². The first-order valence-corrected chi connectivity index (χ1v) is 6.02. The van der Waals surface area contributed by atoms with Crippen molar-refractivity contribution in [3.63, 3.8) is 0 Å². The average Bonchev–Trinajstić information content (AvgIpc) is 2.58. The first-order valence-electron chi connectivity index (χ1n) is 5.08. The van der Waals surface area contributed by atoms with Gasteiger partial charge in [-0.05, 0) is 5.56 Å². The molecule has 0 radical (unpaired) electrons. The molecular weight excluding hydrogens is 224 g/mol. The van der Waals surface area contributed by atoms with Gasteiger partial charge in [-0.2, -0.15) is 0 Å². The quantitative estimate of drug-likeness (QED) is 0.799. The number of carbonyl (C=O) groups is 2. The van der Waals surface area contributed by atoms with E-state index in [1.54, 1.807) is 6.92 Å². The van der Waals surface area contributed by atoms with E-state index < -0.39 is 11.2 Å². The van der Waals surface area contributed by atoms with Gasteiger partial charge in [0.25, 0.3) is 0 Å². The highest BCUT2D eigenvalue weighted by Crippen LogP contribution is 2.46. The molecule has 3 nitrogen and oxygen atoms in total. The maximum Gasteiger partial charge on any atom is 0.324 e. The number of hydrogen-bond acceptors (Lipinski definition) is 3. The number of carboxylic acids is 1. The van der Waals surface area contributed by atoms with Gasteiger partial charge in [0.2, 0.25) is 0 Å². The predicted octanol–water partition coefficient (Wildman–Crippen LogP) is 2.13. The molecule has 3 unspecified atom stereocenters. The highest BCUT2D eigenvalue weighted by molar-refractivity contribution is 8.02. The average molecular weight is 236 g/mol. The van der Waals surface area contributed by atoms with Gasteiger partial charge in [0.15, 0.2) is 11.0 Å². The van der Waals surface area contributed by atoms with Crippen molar-refractivity contribution in [2.24, 2.45) is 5.92 Å². The molecule has 1 aromatic rings. The Morgan fingerprint density at radius 3 is 2.44 bits per heavy atom. The molecule has 0 spiro atoms. The highest BCUT2D eigenvalue weighted by atomic mass is 32.2. The molecule has 4 heteroatoms. The van der Waals surface area contributed by atoms with Crippen LogP contribution in [0.5, 0.6) is 0 Å². The normalized spacial score (nSPS) is 29.3. The lowest BCUT2D eigenvalue weighted by Gasteiger charge is -2.12. The van der Waals surface area contributed by atoms with E-state index in [9.17, 15) is 9.59 Å². The molecule has 0 saturated carbocycles. The second-order valence-corrected chi connectivity index (χ2v) is 5.13. The number of carboxylic acid groups (broad SMARTS) is 1. The van der Waals surface area contributed by atoms with Crippen LogP contribution in [0.4, 0.5) is 0 Å². The lowest BCUT2D eigenvalue weighted by atomic mass is 9.95. The van der Waals surface area contributed by atoms with Gasteiger partial charge in [-0.1, -0.05) is 37.3 Å². The molecule has 2 rings (SSSR count). The van der Waals surface area contributed by atoms with Gasteiger partial charge >= 0.3 is 5.97 Å². The number of ketones is 1. The topological polar surface area (TPSA) is 54.4 Å². The van der Waals surface area contributed by atoms with Crippen LogP contribution in [0.15, 0.2) is 30.3 Å². The van der Waals surface area contributed by atoms with E-state index in [0.29, 0.717) is 0 Å². The van der Waals surface area contributed by atoms with Crippen LogP contribution in [0.3, 0.4) is 0 Å². The zero-order chi connectivity index (χ0) is 11.7. The van der Waals surface area contributed by atoms with E-state index in [1.807, 2.05) is 30.3 Å². The number of benzene rings is 1. The fourth-order valence-electron chi connectivity index (χ4n) is 1.91. The molecule has 1 saturated heterocycles. The minimum atomic E-state index is -1.03. The first kappa shape index (κ1) is 11.2. The van der Waals surface area contributed by atoms with Crippen LogP contribution in [0.25, 0.3) is 0 Å². The van der Waals surface area contributed by atoms with Crippen molar-refractivity contribution in [1.29, 1.82) is 0 Å². The van der Waals surface area contributed by atoms with Crippen molar-refractivity contribution in [1.82, 2.24) is 0 Å². The Balaban J connectivity index is 2.26. The van der Waals surface area contributed by atoms with E-state index >= 15 is 0 Å². The first-order chi connectivity index (χ1) is 7.61. The molecule has 1 aliphatic heterocycles. The molecule has 1 heterocycles. The summed E-state index contributed by atoms with van der Waals surface area (Å²) in [5.41, 5.74) is 1.03. The molecule has 1 aromatic carbocycles. The van der Waals surface area contributed by atoms with Crippen molar-refractivity contribution in [2.45, 2.75) is 17.4 Å². The van der Waals surface area contributed by atoms with Gasteiger partial charge in [-0.3, -0.25) is 9.59 Å². The summed E-state index contributed by atoms with van der Waals surface area (Å²) in [5.74, 6) is -1.43. The standard InChI is InChI=1S/C12H12O3S/c1-7-9(13)11(12(14)15)16-10(7)8-5-3-2-4-6-8/h2-7,10-11H,1H3,(H,14,15). The third kappa shape index (κ3) is 1.85. The Morgan fingerprint density at radius 2 is 1.94 bits per heavy atom. The van der Waals surface area contributed by atoms with Crippen molar-refractivity contribution in [3.8, 4) is 0 Å². The van der Waals surface area contributed by atoms with Gasteiger partial charge in [-0.15, -0.1) is 11.8 Å². The minimum absolute atomic E-state index is 0.0326. The van der Waals surface area contributed by atoms with Crippen LogP contribution in [0.1, 0.15) is 17.7 Å². The molecule has 84 valence electrons. The van der Waals surface area contributed by atoms with Crippen LogP contribution in [-0.4, -0.2) is 22.1 Å². The van der Waals surface area contributed by atoms with Crippen LogP contribution in [0.2, 0.25) is 0 Å². The molecule has 0 amide bonds. The van der Waals surface area contributed by atoms with Crippen LogP contribution in [-0.2, 0) is 9.59 Å². The van der Waals surface area contributed by atoms with Crippen molar-refractivity contribution in [3.05, 3.63) is 35.9 Å². The Bertz CT molecular complexity index is 416. The summed E-state index contributed by atoms with van der Waals surface area (Å²) in [6.07, 6.45) is 0. The van der Waals surface area contributed by atoms with Crippen LogP contribution in [0, 0.1) is 5.92 Å². The van der Waals surface area contributed by atoms with Crippen molar-refractivity contribution in [2.75, 3.05) is 0 Å². The number of rotatable bonds is 2. The van der Waals surface area contributed by atoms with Gasteiger partial charge < -0.3 is 5.11 Å². The fourth-order valence-corrected chi connectivity index (χ4v) is 3.35. The van der Waals surface area contributed by atoms with E-state index in [4.69, 9.17) is 5.11 Å². The maximum absolute atomic E-state index is 11.7. The summed E-state index contributed by atoms with van der Waals surface area (Å²) in [4.78, 5) is 22.6. The summed E-state index contributed by atoms with van der Waals surface area (Å²) in [5, 5.41) is 7.99. The Labute approximate surface area is 97.9 Å². The molecule has 3 atom stereocenters. The minimum Gasteiger partial charge on any atom is -0.480 e. The molecule has 1 N–H and O–H groups in total. The zero-order valence-electron chi connectivity index (χ0n) is 8.79. The molecule has 0 aromatic heterocycles. The predicted molar refractivity (Wildman–Crippen MR) is 62.4 cm³/mol. The summed E-state index contributed by atoms with van der Waals surface area (Å²) >= 11 is 1.24. The summed E-state index contributed by atoms with van der Waals surface area (Å²) in [6.45, 7) is 1.80. The number of thioether (sulfide) groups is 1. The summed E-state index contributed by atoms with van der Waals surface area (Å²) < 4.78 is 0. The highest BCUT2D eigenvalue weighted by Gasteiger charge is 2.44. The van der Waals surface area contributed by atoms with Crippen molar-refractivity contribution >= 4 is 23.5 Å². The van der Waals surface area contributed by atoms with Crippen LogP contribution >= 0.6 is 11.8 Å². The molecule has 1 fully saturated rings. The smallest absolute Gasteiger partial charge is 0.324 e. The largest absolute Gasteiger partial charge is 0.480 e. The molecule has 0 aliphatic carbocycles. The van der Waals surface area contributed by atoms with Crippen LogP contribution < -0.4 is 0 Å². The van der Waals surface area contributed by atoms with E-state index in [-0.39, 0.29) is 17.0 Å². The zero-order valence-corrected chi connectivity index (χ0v) is 9.61. The van der Waals surface area contributed by atoms with E-state index in [1.165, 1.54) is 11.8 Å². The monoisotopic (exact) mass is 236 g/mol. The Kier molecular flexibility index (Phi) is 3.01. The third-order valence-corrected chi connectivity index (χ3v) is 4.48. The SMILES string of the molecule is CC1C(=O)C(C(=O)O)SC1c1ccccc1. The van der Waals surface area contributed by atoms with Gasteiger partial charge in [0.05, 0.1) is 0 Å². The molecular formula is C12H12O3S. The number of hydrogen-bond donors (Lipinski definition) is 1. The summed E-state index contributed by atoms with van der Waals surface area (Å²) in [6, 6.07) is 9.59.